The normalized spacial score (nSPS) is 12.1. The number of nitrogens with zero attached hydrogens (tertiary/aromatic N) is 2. The Bertz CT molecular complexity index is 502. The molecule has 19 heavy (non-hydrogen) atoms. The van der Waals surface area contributed by atoms with E-state index in [1.165, 1.54) is 5.56 Å². The van der Waals surface area contributed by atoms with E-state index in [2.05, 4.69) is 39.6 Å². The molecular weight excluding hydrogens is 238 g/mol. The summed E-state index contributed by atoms with van der Waals surface area (Å²) < 4.78 is 5.22. The molecule has 0 bridgehead atoms. The third-order valence-corrected chi connectivity index (χ3v) is 3.15. The fourth-order valence-corrected chi connectivity index (χ4v) is 2.14. The second-order valence-corrected chi connectivity index (χ2v) is 4.30. The summed E-state index contributed by atoms with van der Waals surface area (Å²) in [4.78, 5) is 8.50. The second kappa shape index (κ2) is 6.85. The van der Waals surface area contributed by atoms with Crippen molar-refractivity contribution in [2.45, 2.75) is 18.9 Å². The Morgan fingerprint density at radius 1 is 1.16 bits per heavy atom. The molecule has 1 atom stereocenters. The molecule has 1 aromatic carbocycles. The van der Waals surface area contributed by atoms with Gasteiger partial charge in [-0.05, 0) is 25.5 Å². The first-order valence-electron chi connectivity index (χ1n) is 6.41. The largest absolute Gasteiger partial charge is 0.480 e. The van der Waals surface area contributed by atoms with E-state index >= 15 is 0 Å². The van der Waals surface area contributed by atoms with E-state index in [0.717, 1.165) is 18.5 Å². The molecule has 0 saturated heterocycles. The molecule has 0 aliphatic heterocycles. The van der Waals surface area contributed by atoms with E-state index in [9.17, 15) is 0 Å². The van der Waals surface area contributed by atoms with Gasteiger partial charge in [0.2, 0.25) is 5.88 Å². The van der Waals surface area contributed by atoms with Crippen molar-refractivity contribution >= 4 is 0 Å². The molecule has 2 aromatic rings. The van der Waals surface area contributed by atoms with Crippen LogP contribution < -0.4 is 10.1 Å². The van der Waals surface area contributed by atoms with Gasteiger partial charge in [-0.25, -0.2) is 4.98 Å². The minimum Gasteiger partial charge on any atom is -0.480 e. The predicted molar refractivity (Wildman–Crippen MR) is 75.1 cm³/mol. The minimum absolute atomic E-state index is 0.313. The molecule has 0 radical (unpaired) electrons. The lowest BCUT2D eigenvalue weighted by Gasteiger charge is -2.16. The number of hydrogen-bond acceptors (Lipinski definition) is 4. The van der Waals surface area contributed by atoms with Gasteiger partial charge in [0.25, 0.3) is 0 Å². The van der Waals surface area contributed by atoms with Crippen molar-refractivity contribution in [1.29, 1.82) is 0 Å². The maximum Gasteiger partial charge on any atom is 0.235 e. The fourth-order valence-electron chi connectivity index (χ4n) is 2.14. The summed E-state index contributed by atoms with van der Waals surface area (Å²) in [5.41, 5.74) is 2.19. The molecule has 0 fully saturated rings. The monoisotopic (exact) mass is 257 g/mol. The van der Waals surface area contributed by atoms with E-state index < -0.39 is 0 Å². The Balaban J connectivity index is 2.04. The minimum atomic E-state index is 0.313. The predicted octanol–water partition coefficient (Wildman–Crippen LogP) is 2.38. The molecule has 4 nitrogen and oxygen atoms in total. The highest BCUT2D eigenvalue weighted by atomic mass is 16.5. The van der Waals surface area contributed by atoms with Gasteiger partial charge in [0.1, 0.15) is 5.69 Å². The Hall–Kier alpha value is -1.94. The van der Waals surface area contributed by atoms with Crippen LogP contribution >= 0.6 is 0 Å². The van der Waals surface area contributed by atoms with Gasteiger partial charge in [0, 0.05) is 18.4 Å². The van der Waals surface area contributed by atoms with Gasteiger partial charge in [-0.15, -0.1) is 0 Å². The van der Waals surface area contributed by atoms with Gasteiger partial charge in [-0.2, -0.15) is 0 Å². The molecule has 4 heteroatoms. The highest BCUT2D eigenvalue weighted by molar-refractivity contribution is 5.21. The fraction of sp³-hybridized carbons (Fsp3) is 0.333. The first kappa shape index (κ1) is 13.5. The zero-order chi connectivity index (χ0) is 13.5. The van der Waals surface area contributed by atoms with Gasteiger partial charge in [0.05, 0.1) is 7.11 Å². The zero-order valence-corrected chi connectivity index (χ0v) is 11.3. The van der Waals surface area contributed by atoms with Crippen molar-refractivity contribution in [1.82, 2.24) is 15.3 Å². The van der Waals surface area contributed by atoms with Crippen molar-refractivity contribution in [2.75, 3.05) is 14.2 Å². The molecule has 1 N–H and O–H groups in total. The number of aromatic nitrogens is 2. The quantitative estimate of drug-likeness (QED) is 0.863. The average Bonchev–Trinajstić information content (AvgIpc) is 2.49. The molecule has 1 aromatic heterocycles. The summed E-state index contributed by atoms with van der Waals surface area (Å²) in [6.45, 7) is 0. The number of aryl methyl sites for hydroxylation is 1. The summed E-state index contributed by atoms with van der Waals surface area (Å²) >= 11 is 0. The van der Waals surface area contributed by atoms with Crippen LogP contribution in [0.1, 0.15) is 23.7 Å². The van der Waals surface area contributed by atoms with Crippen molar-refractivity contribution in [3.05, 3.63) is 54.0 Å². The van der Waals surface area contributed by atoms with E-state index in [1.54, 1.807) is 19.5 Å². The number of ether oxygens (including phenoxy) is 1. The van der Waals surface area contributed by atoms with Gasteiger partial charge in [-0.3, -0.25) is 4.98 Å². The lowest BCUT2D eigenvalue weighted by Crippen LogP contribution is -2.17. The molecular formula is C15H19N3O. The second-order valence-electron chi connectivity index (χ2n) is 4.30. The maximum atomic E-state index is 5.22. The number of benzene rings is 1. The van der Waals surface area contributed by atoms with Gasteiger partial charge >= 0.3 is 0 Å². The molecule has 1 unspecified atom stereocenters. The van der Waals surface area contributed by atoms with E-state index in [-0.39, 0.29) is 0 Å². The summed E-state index contributed by atoms with van der Waals surface area (Å²) in [6.07, 6.45) is 5.14. The maximum absolute atomic E-state index is 5.22. The van der Waals surface area contributed by atoms with Crippen molar-refractivity contribution in [3.63, 3.8) is 0 Å². The number of hydrogen-bond donors (Lipinski definition) is 1. The molecule has 2 rings (SSSR count). The highest BCUT2D eigenvalue weighted by Gasteiger charge is 2.11. The van der Waals surface area contributed by atoms with Crippen LogP contribution in [0.2, 0.25) is 0 Å². The summed E-state index contributed by atoms with van der Waals surface area (Å²) in [5.74, 6) is 0.616. The molecule has 0 aliphatic rings. The third kappa shape index (κ3) is 3.51. The zero-order valence-electron chi connectivity index (χ0n) is 11.3. The lowest BCUT2D eigenvalue weighted by atomic mass is 10.0. The summed E-state index contributed by atoms with van der Waals surface area (Å²) in [6, 6.07) is 10.7. The van der Waals surface area contributed by atoms with Crippen molar-refractivity contribution in [2.24, 2.45) is 0 Å². The van der Waals surface area contributed by atoms with Crippen LogP contribution in [0.25, 0.3) is 0 Å². The third-order valence-electron chi connectivity index (χ3n) is 3.15. The average molecular weight is 257 g/mol. The first-order chi connectivity index (χ1) is 9.35. The van der Waals surface area contributed by atoms with Crippen LogP contribution in [0, 0.1) is 0 Å². The molecule has 0 spiro atoms. The number of rotatable bonds is 6. The Labute approximate surface area is 113 Å². The van der Waals surface area contributed by atoms with Crippen LogP contribution in [0.4, 0.5) is 0 Å². The van der Waals surface area contributed by atoms with Gasteiger partial charge in [0.15, 0.2) is 0 Å². The highest BCUT2D eigenvalue weighted by Crippen LogP contribution is 2.20. The molecule has 1 heterocycles. The smallest absolute Gasteiger partial charge is 0.235 e. The van der Waals surface area contributed by atoms with Crippen LogP contribution in [-0.4, -0.2) is 24.1 Å². The SMILES string of the molecule is CNC(CCc1nccnc1OC)c1ccccc1. The standard InChI is InChI=1S/C15H19N3O/c1-16-13(12-6-4-3-5-7-12)8-9-14-15(19-2)18-11-10-17-14/h3-7,10-11,13,16H,8-9H2,1-2H3. The van der Waals surface area contributed by atoms with Crippen LogP contribution in [0.5, 0.6) is 5.88 Å². The van der Waals surface area contributed by atoms with E-state index in [1.807, 2.05) is 13.1 Å². The molecule has 0 saturated carbocycles. The van der Waals surface area contributed by atoms with Gasteiger partial charge < -0.3 is 10.1 Å². The Morgan fingerprint density at radius 3 is 2.58 bits per heavy atom. The van der Waals surface area contributed by atoms with E-state index in [4.69, 9.17) is 4.74 Å². The number of nitrogens with one attached hydrogen (secondary N) is 1. The number of methoxy groups -OCH3 is 1. The first-order valence-corrected chi connectivity index (χ1v) is 6.41. The topological polar surface area (TPSA) is 47.0 Å². The summed E-state index contributed by atoms with van der Waals surface area (Å²) in [7, 11) is 3.60. The molecule has 0 aliphatic carbocycles. The van der Waals surface area contributed by atoms with Crippen LogP contribution in [0.3, 0.4) is 0 Å². The van der Waals surface area contributed by atoms with Crippen LogP contribution in [-0.2, 0) is 6.42 Å². The lowest BCUT2D eigenvalue weighted by molar-refractivity contribution is 0.387. The van der Waals surface area contributed by atoms with E-state index in [0.29, 0.717) is 11.9 Å². The Kier molecular flexibility index (Phi) is 4.86. The molecule has 100 valence electrons. The molecule has 0 amide bonds. The van der Waals surface area contributed by atoms with Crippen molar-refractivity contribution < 1.29 is 4.74 Å². The summed E-state index contributed by atoms with van der Waals surface area (Å²) in [5, 5.41) is 3.34. The Morgan fingerprint density at radius 2 is 1.89 bits per heavy atom. The van der Waals surface area contributed by atoms with Crippen molar-refractivity contribution in [3.8, 4) is 5.88 Å². The van der Waals surface area contributed by atoms with Crippen LogP contribution in [0.15, 0.2) is 42.7 Å². The van der Waals surface area contributed by atoms with Gasteiger partial charge in [-0.1, -0.05) is 30.3 Å².